The number of nitro groups is 1. The molecule has 59 valence electrons. The molecule has 0 N–H and O–H groups in total. The lowest BCUT2D eigenvalue weighted by Gasteiger charge is -2.05. The molecule has 1 radical (unpaired) electrons. The van der Waals surface area contributed by atoms with Crippen LogP contribution in [-0.4, -0.2) is 10.3 Å². The van der Waals surface area contributed by atoms with Gasteiger partial charge in [0, 0.05) is 17.0 Å². The monoisotopic (exact) mass is 216 g/mol. The summed E-state index contributed by atoms with van der Waals surface area (Å²) < 4.78 is 0. The van der Waals surface area contributed by atoms with Crippen molar-refractivity contribution in [3.8, 4) is 0 Å². The highest BCUT2D eigenvalue weighted by molar-refractivity contribution is 9.09. The van der Waals surface area contributed by atoms with Crippen molar-refractivity contribution in [1.82, 2.24) is 0 Å². The minimum absolute atomic E-state index is 0.202. The van der Waals surface area contributed by atoms with Crippen LogP contribution in [0.2, 0.25) is 0 Å². The summed E-state index contributed by atoms with van der Waals surface area (Å²) in [4.78, 5) is 10.0. The van der Waals surface area contributed by atoms with E-state index in [0.29, 0.717) is 5.33 Å². The van der Waals surface area contributed by atoms with Gasteiger partial charge in [-0.05, 0) is 12.8 Å². The molecule has 0 amide bonds. The molecule has 0 atom stereocenters. The molecule has 1 aliphatic carbocycles. The second-order valence-corrected chi connectivity index (χ2v) is 2.70. The quantitative estimate of drug-likeness (QED) is 0.403. The molecule has 0 heterocycles. The van der Waals surface area contributed by atoms with Crippen LogP contribution in [0.15, 0.2) is 23.4 Å². The maximum absolute atomic E-state index is 10.4. The first-order valence-electron chi connectivity index (χ1n) is 3.19. The molecule has 1 rings (SSSR count). The fourth-order valence-corrected chi connectivity index (χ4v) is 1.42. The van der Waals surface area contributed by atoms with Gasteiger partial charge < -0.3 is 0 Å². The van der Waals surface area contributed by atoms with E-state index in [9.17, 15) is 10.1 Å². The van der Waals surface area contributed by atoms with E-state index >= 15 is 0 Å². The maximum atomic E-state index is 10.4. The lowest BCUT2D eigenvalue weighted by Crippen LogP contribution is -2.05. The van der Waals surface area contributed by atoms with Crippen LogP contribution in [0.4, 0.5) is 0 Å². The van der Waals surface area contributed by atoms with Crippen molar-refractivity contribution in [3.05, 3.63) is 40.0 Å². The fraction of sp³-hybridized carbons (Fsp3) is 0.286. The van der Waals surface area contributed by atoms with Crippen molar-refractivity contribution in [2.45, 2.75) is 6.42 Å². The Morgan fingerprint density at radius 1 is 1.73 bits per heavy atom. The van der Waals surface area contributed by atoms with Gasteiger partial charge in [-0.15, -0.1) is 0 Å². The standard InChI is InChI=1S/C7H7BrNO2/c8-5-6-3-1-2-4-7(6)9(10)11/h2-4H,1,5H2. The van der Waals surface area contributed by atoms with E-state index in [2.05, 4.69) is 15.9 Å². The Balaban J connectivity index is 2.92. The van der Waals surface area contributed by atoms with Crippen LogP contribution in [0, 0.1) is 16.5 Å². The van der Waals surface area contributed by atoms with Crippen molar-refractivity contribution >= 4 is 15.9 Å². The molecule has 0 bridgehead atoms. The molecule has 4 heteroatoms. The SMILES string of the molecule is O=[N+]([O-])C1=C(CBr)[CH]CC=C1. The van der Waals surface area contributed by atoms with Crippen LogP contribution in [0.5, 0.6) is 0 Å². The number of rotatable bonds is 2. The van der Waals surface area contributed by atoms with E-state index in [1.54, 1.807) is 12.2 Å². The Kier molecular flexibility index (Phi) is 2.82. The summed E-state index contributed by atoms with van der Waals surface area (Å²) in [5, 5.41) is 10.9. The Hall–Kier alpha value is -0.640. The zero-order valence-electron chi connectivity index (χ0n) is 5.79. The summed E-state index contributed by atoms with van der Waals surface area (Å²) in [6, 6.07) is 0. The molecule has 3 nitrogen and oxygen atoms in total. The average Bonchev–Trinajstić information content (AvgIpc) is 2.04. The first-order valence-corrected chi connectivity index (χ1v) is 4.31. The summed E-state index contributed by atoms with van der Waals surface area (Å²) in [5.74, 6) is 0. The van der Waals surface area contributed by atoms with Crippen LogP contribution in [0.1, 0.15) is 6.42 Å². The van der Waals surface area contributed by atoms with Crippen LogP contribution in [-0.2, 0) is 0 Å². The minimum atomic E-state index is -0.358. The second-order valence-electron chi connectivity index (χ2n) is 2.14. The number of halogens is 1. The van der Waals surface area contributed by atoms with Gasteiger partial charge in [0.2, 0.25) is 0 Å². The smallest absolute Gasteiger partial charge is 0.258 e. The number of allylic oxidation sites excluding steroid dienone is 3. The number of alkyl halides is 1. The third-order valence-corrected chi connectivity index (χ3v) is 2.05. The minimum Gasteiger partial charge on any atom is -0.258 e. The molecule has 0 spiro atoms. The van der Waals surface area contributed by atoms with Gasteiger partial charge in [0.15, 0.2) is 0 Å². The van der Waals surface area contributed by atoms with E-state index in [0.717, 1.165) is 12.0 Å². The molecule has 0 fully saturated rings. The number of nitrogens with zero attached hydrogens (tertiary/aromatic N) is 1. The second kappa shape index (κ2) is 3.67. The van der Waals surface area contributed by atoms with Crippen LogP contribution in [0.3, 0.4) is 0 Å². The van der Waals surface area contributed by atoms with Gasteiger partial charge >= 0.3 is 0 Å². The van der Waals surface area contributed by atoms with E-state index in [4.69, 9.17) is 0 Å². The molecule has 0 aromatic carbocycles. The van der Waals surface area contributed by atoms with Gasteiger partial charge in [0.1, 0.15) is 0 Å². The lowest BCUT2D eigenvalue weighted by molar-refractivity contribution is -0.420. The van der Waals surface area contributed by atoms with Gasteiger partial charge in [-0.1, -0.05) is 22.0 Å². The van der Waals surface area contributed by atoms with E-state index in [1.165, 1.54) is 0 Å². The predicted molar refractivity (Wildman–Crippen MR) is 45.9 cm³/mol. The molecular formula is C7H7BrNO2. The van der Waals surface area contributed by atoms with Gasteiger partial charge in [0.25, 0.3) is 5.70 Å². The number of hydrogen-bond donors (Lipinski definition) is 0. The van der Waals surface area contributed by atoms with Crippen molar-refractivity contribution in [3.63, 3.8) is 0 Å². The molecule has 0 aromatic heterocycles. The van der Waals surface area contributed by atoms with Crippen LogP contribution >= 0.6 is 15.9 Å². The summed E-state index contributed by atoms with van der Waals surface area (Å²) in [6.45, 7) is 0. The lowest BCUT2D eigenvalue weighted by atomic mass is 10.0. The summed E-state index contributed by atoms with van der Waals surface area (Å²) in [6.07, 6.45) is 5.98. The molecule has 0 saturated heterocycles. The van der Waals surface area contributed by atoms with Gasteiger partial charge in [-0.3, -0.25) is 10.1 Å². The Morgan fingerprint density at radius 2 is 2.45 bits per heavy atom. The Labute approximate surface area is 73.1 Å². The highest BCUT2D eigenvalue weighted by Gasteiger charge is 2.16. The van der Waals surface area contributed by atoms with Gasteiger partial charge in [-0.2, -0.15) is 0 Å². The third-order valence-electron chi connectivity index (χ3n) is 1.45. The molecule has 0 aromatic rings. The first-order chi connectivity index (χ1) is 5.25. The number of hydrogen-bond acceptors (Lipinski definition) is 2. The molecule has 0 saturated carbocycles. The van der Waals surface area contributed by atoms with Gasteiger partial charge in [-0.25, -0.2) is 0 Å². The Morgan fingerprint density at radius 3 is 2.91 bits per heavy atom. The zero-order chi connectivity index (χ0) is 8.27. The summed E-state index contributed by atoms with van der Waals surface area (Å²) >= 11 is 3.19. The fourth-order valence-electron chi connectivity index (χ4n) is 0.903. The predicted octanol–water partition coefficient (Wildman–Crippen LogP) is 2.08. The summed E-state index contributed by atoms with van der Waals surface area (Å²) in [7, 11) is 0. The van der Waals surface area contributed by atoms with Crippen molar-refractivity contribution in [2.24, 2.45) is 0 Å². The van der Waals surface area contributed by atoms with E-state index in [-0.39, 0.29) is 10.6 Å². The highest BCUT2D eigenvalue weighted by Crippen LogP contribution is 2.19. The third kappa shape index (κ3) is 1.89. The largest absolute Gasteiger partial charge is 0.269 e. The van der Waals surface area contributed by atoms with Crippen molar-refractivity contribution < 1.29 is 4.92 Å². The van der Waals surface area contributed by atoms with Crippen molar-refractivity contribution in [1.29, 1.82) is 0 Å². The van der Waals surface area contributed by atoms with Gasteiger partial charge in [0.05, 0.1) is 4.92 Å². The molecule has 1 aliphatic rings. The highest BCUT2D eigenvalue weighted by atomic mass is 79.9. The Bertz CT molecular complexity index is 233. The average molecular weight is 217 g/mol. The molecule has 0 aliphatic heterocycles. The molecule has 0 unspecified atom stereocenters. The van der Waals surface area contributed by atoms with Crippen LogP contribution in [0.25, 0.3) is 0 Å². The molecular weight excluding hydrogens is 210 g/mol. The normalized spacial score (nSPS) is 17.2. The van der Waals surface area contributed by atoms with E-state index in [1.807, 2.05) is 6.42 Å². The zero-order valence-corrected chi connectivity index (χ0v) is 7.37. The first kappa shape index (κ1) is 8.46. The van der Waals surface area contributed by atoms with Crippen molar-refractivity contribution in [2.75, 3.05) is 5.33 Å². The summed E-state index contributed by atoms with van der Waals surface area (Å²) in [5.41, 5.74) is 0.964. The topological polar surface area (TPSA) is 43.1 Å². The molecule has 11 heavy (non-hydrogen) atoms. The van der Waals surface area contributed by atoms with E-state index < -0.39 is 0 Å². The maximum Gasteiger partial charge on any atom is 0.269 e. The van der Waals surface area contributed by atoms with Crippen LogP contribution < -0.4 is 0 Å².